The summed E-state index contributed by atoms with van der Waals surface area (Å²) in [5, 5.41) is 0. The number of hydrogen-bond donors (Lipinski definition) is 0. The maximum absolute atomic E-state index is 12.4. The topological polar surface area (TPSA) is 46.6 Å². The summed E-state index contributed by atoms with van der Waals surface area (Å²) >= 11 is 1.28. The molecule has 0 radical (unpaired) electrons. The van der Waals surface area contributed by atoms with Crippen LogP contribution in [0.3, 0.4) is 0 Å². The van der Waals surface area contributed by atoms with E-state index in [9.17, 15) is 8.42 Å². The van der Waals surface area contributed by atoms with Gasteiger partial charge < -0.3 is 4.74 Å². The highest BCUT2D eigenvalue weighted by atomic mass is 32.2. The second kappa shape index (κ2) is 5.95. The van der Waals surface area contributed by atoms with E-state index in [1.807, 2.05) is 37.3 Å². The van der Waals surface area contributed by atoms with Gasteiger partial charge in [0.15, 0.2) is 0 Å². The van der Waals surface area contributed by atoms with Gasteiger partial charge in [0.2, 0.25) is 0 Å². The van der Waals surface area contributed by atoms with Gasteiger partial charge >= 0.3 is 0 Å². The first-order chi connectivity index (χ1) is 9.45. The van der Waals surface area contributed by atoms with Gasteiger partial charge in [-0.1, -0.05) is 18.2 Å². The third kappa shape index (κ3) is 3.03. The Bertz CT molecular complexity index is 692. The molecule has 0 bridgehead atoms. The molecule has 0 N–H and O–H groups in total. The van der Waals surface area contributed by atoms with Gasteiger partial charge in [0, 0.05) is 24.0 Å². The number of benzene rings is 1. The van der Waals surface area contributed by atoms with Crippen molar-refractivity contribution in [1.29, 1.82) is 0 Å². The molecule has 0 aliphatic heterocycles. The number of hydrogen-bond acceptors (Lipinski definition) is 4. The molecule has 1 heterocycles. The van der Waals surface area contributed by atoms with E-state index < -0.39 is 10.0 Å². The van der Waals surface area contributed by atoms with Crippen molar-refractivity contribution in [2.45, 2.75) is 17.7 Å². The summed E-state index contributed by atoms with van der Waals surface area (Å²) in [7, 11) is -0.286. The zero-order valence-corrected chi connectivity index (χ0v) is 13.3. The molecule has 0 amide bonds. The first kappa shape index (κ1) is 15.0. The van der Waals surface area contributed by atoms with Crippen LogP contribution in [0.1, 0.15) is 10.4 Å². The van der Waals surface area contributed by atoms with Crippen molar-refractivity contribution in [3.05, 3.63) is 46.8 Å². The molecule has 0 fully saturated rings. The molecular weight excluding hydrogens is 294 g/mol. The van der Waals surface area contributed by atoms with Gasteiger partial charge in [-0.15, -0.1) is 11.3 Å². The summed E-state index contributed by atoms with van der Waals surface area (Å²) in [5.41, 5.74) is 0.842. The number of rotatable bonds is 5. The third-order valence-corrected chi connectivity index (χ3v) is 6.24. The minimum Gasteiger partial charge on any atom is -0.496 e. The fraction of sp³-hybridized carbons (Fsp3) is 0.286. The second-order valence-corrected chi connectivity index (χ2v) is 8.00. The van der Waals surface area contributed by atoms with Crippen LogP contribution in [0, 0.1) is 6.92 Å². The van der Waals surface area contributed by atoms with Crippen LogP contribution in [-0.4, -0.2) is 26.9 Å². The highest BCUT2D eigenvalue weighted by Crippen LogP contribution is 2.26. The first-order valence-corrected chi connectivity index (χ1v) is 8.35. The largest absolute Gasteiger partial charge is 0.496 e. The standard InChI is InChI=1S/C14H17NO3S2/c1-11-8-9-14(19-11)20(16,17)15(2)10-12-6-4-5-7-13(12)18-3/h4-9H,10H2,1-3H3. The fourth-order valence-electron chi connectivity index (χ4n) is 1.86. The summed E-state index contributed by atoms with van der Waals surface area (Å²) in [5.74, 6) is 0.692. The lowest BCUT2D eigenvalue weighted by Crippen LogP contribution is -2.26. The van der Waals surface area contributed by atoms with Gasteiger partial charge in [0.1, 0.15) is 9.96 Å². The SMILES string of the molecule is COc1ccccc1CN(C)S(=O)(=O)c1ccc(C)s1. The van der Waals surface area contributed by atoms with E-state index in [-0.39, 0.29) is 6.54 Å². The molecule has 0 saturated heterocycles. The van der Waals surface area contributed by atoms with Crippen molar-refractivity contribution < 1.29 is 13.2 Å². The lowest BCUT2D eigenvalue weighted by atomic mass is 10.2. The number of methoxy groups -OCH3 is 1. The summed E-state index contributed by atoms with van der Waals surface area (Å²) in [6, 6.07) is 10.9. The number of para-hydroxylation sites is 1. The van der Waals surface area contributed by atoms with Crippen LogP contribution in [-0.2, 0) is 16.6 Å². The molecular formula is C14H17NO3S2. The average molecular weight is 311 g/mol. The Balaban J connectivity index is 2.25. The lowest BCUT2D eigenvalue weighted by Gasteiger charge is -2.17. The van der Waals surface area contributed by atoms with Gasteiger partial charge in [-0.3, -0.25) is 0 Å². The van der Waals surface area contributed by atoms with E-state index >= 15 is 0 Å². The van der Waals surface area contributed by atoms with Crippen molar-refractivity contribution in [2.24, 2.45) is 0 Å². The van der Waals surface area contributed by atoms with Crippen molar-refractivity contribution in [1.82, 2.24) is 4.31 Å². The number of ether oxygens (including phenoxy) is 1. The second-order valence-electron chi connectivity index (χ2n) is 4.44. The van der Waals surface area contributed by atoms with E-state index in [4.69, 9.17) is 4.74 Å². The third-order valence-electron chi connectivity index (χ3n) is 2.97. The lowest BCUT2D eigenvalue weighted by molar-refractivity contribution is 0.398. The highest BCUT2D eigenvalue weighted by molar-refractivity contribution is 7.91. The van der Waals surface area contributed by atoms with E-state index in [1.165, 1.54) is 15.6 Å². The van der Waals surface area contributed by atoms with Gasteiger partial charge in [-0.25, -0.2) is 8.42 Å². The van der Waals surface area contributed by atoms with Gasteiger partial charge in [-0.2, -0.15) is 4.31 Å². The highest BCUT2D eigenvalue weighted by Gasteiger charge is 2.23. The van der Waals surface area contributed by atoms with Gasteiger partial charge in [0.05, 0.1) is 7.11 Å². The average Bonchev–Trinajstić information content (AvgIpc) is 2.86. The molecule has 0 aliphatic carbocycles. The summed E-state index contributed by atoms with van der Waals surface area (Å²) < 4.78 is 31.9. The molecule has 0 saturated carbocycles. The smallest absolute Gasteiger partial charge is 0.252 e. The Kier molecular flexibility index (Phi) is 4.47. The Morgan fingerprint density at radius 3 is 2.50 bits per heavy atom. The minimum absolute atomic E-state index is 0.281. The number of aryl methyl sites for hydroxylation is 1. The Labute approximate surface area is 123 Å². The molecule has 0 spiro atoms. The minimum atomic E-state index is -3.45. The number of nitrogens with zero attached hydrogens (tertiary/aromatic N) is 1. The molecule has 2 aromatic rings. The van der Waals surface area contributed by atoms with Crippen molar-refractivity contribution >= 4 is 21.4 Å². The van der Waals surface area contributed by atoms with Crippen molar-refractivity contribution in [2.75, 3.05) is 14.2 Å². The monoisotopic (exact) mass is 311 g/mol. The van der Waals surface area contributed by atoms with Crippen LogP contribution >= 0.6 is 11.3 Å². The first-order valence-electron chi connectivity index (χ1n) is 6.10. The molecule has 20 heavy (non-hydrogen) atoms. The Hall–Kier alpha value is -1.37. The number of thiophene rings is 1. The maximum atomic E-state index is 12.4. The Morgan fingerprint density at radius 1 is 1.20 bits per heavy atom. The molecule has 4 nitrogen and oxygen atoms in total. The molecule has 2 rings (SSSR count). The number of sulfonamides is 1. The van der Waals surface area contributed by atoms with Crippen LogP contribution < -0.4 is 4.74 Å². The molecule has 6 heteroatoms. The predicted octanol–water partition coefficient (Wildman–Crippen LogP) is 2.89. The van der Waals surface area contributed by atoms with E-state index in [2.05, 4.69) is 0 Å². The van der Waals surface area contributed by atoms with Crippen LogP contribution in [0.25, 0.3) is 0 Å². The van der Waals surface area contributed by atoms with E-state index in [0.29, 0.717) is 9.96 Å². The zero-order chi connectivity index (χ0) is 14.8. The molecule has 1 aromatic heterocycles. The van der Waals surface area contributed by atoms with E-state index in [0.717, 1.165) is 10.4 Å². The predicted molar refractivity (Wildman–Crippen MR) is 80.7 cm³/mol. The molecule has 0 unspecified atom stereocenters. The molecule has 0 atom stereocenters. The summed E-state index contributed by atoms with van der Waals surface area (Å²) in [6.07, 6.45) is 0. The molecule has 1 aromatic carbocycles. The van der Waals surface area contributed by atoms with Crippen molar-refractivity contribution in [3.8, 4) is 5.75 Å². The summed E-state index contributed by atoms with van der Waals surface area (Å²) in [4.78, 5) is 0.981. The maximum Gasteiger partial charge on any atom is 0.252 e. The van der Waals surface area contributed by atoms with Crippen molar-refractivity contribution in [3.63, 3.8) is 0 Å². The zero-order valence-electron chi connectivity index (χ0n) is 11.7. The quantitative estimate of drug-likeness (QED) is 0.853. The van der Waals surface area contributed by atoms with Crippen LogP contribution in [0.15, 0.2) is 40.6 Å². The van der Waals surface area contributed by atoms with Gasteiger partial charge in [-0.05, 0) is 25.1 Å². The van der Waals surface area contributed by atoms with Crippen LogP contribution in [0.2, 0.25) is 0 Å². The normalized spacial score (nSPS) is 11.8. The van der Waals surface area contributed by atoms with Crippen LogP contribution in [0.4, 0.5) is 0 Å². The molecule has 108 valence electrons. The fourth-order valence-corrected chi connectivity index (χ4v) is 4.51. The Morgan fingerprint density at radius 2 is 1.90 bits per heavy atom. The summed E-state index contributed by atoms with van der Waals surface area (Å²) in [6.45, 7) is 2.17. The van der Waals surface area contributed by atoms with Crippen LogP contribution in [0.5, 0.6) is 5.75 Å². The van der Waals surface area contributed by atoms with E-state index in [1.54, 1.807) is 20.2 Å². The molecule has 0 aliphatic rings. The van der Waals surface area contributed by atoms with Gasteiger partial charge in [0.25, 0.3) is 10.0 Å².